The first kappa shape index (κ1) is 13.2. The Morgan fingerprint density at radius 3 is 2.65 bits per heavy atom. The number of halogens is 1. The van der Waals surface area contributed by atoms with Gasteiger partial charge < -0.3 is 9.47 Å². The van der Waals surface area contributed by atoms with Crippen LogP contribution in [0.15, 0.2) is 18.2 Å². The summed E-state index contributed by atoms with van der Waals surface area (Å²) in [7, 11) is 1.24. The molecule has 0 aromatic heterocycles. The number of carbonyl (C=O) groups is 1. The zero-order chi connectivity index (χ0) is 13.0. The number of carbonyl (C=O) groups excluding carboxylic acids is 1. The van der Waals surface area contributed by atoms with Crippen molar-refractivity contribution in [1.29, 1.82) is 0 Å². The monoisotopic (exact) mass is 259 g/mol. The molecule has 0 fully saturated rings. The third kappa shape index (κ3) is 3.32. The molecular formula is C10H10ClNO5. The standard InChI is InChI=1S/C10H10ClNO5/c1-6(10(13)16-2)17-7-3-4-9(12(14)15)8(11)5-7/h3-6H,1-2H3. The predicted octanol–water partition coefficient (Wildman–Crippen LogP) is 2.19. The lowest BCUT2D eigenvalue weighted by Crippen LogP contribution is -2.24. The zero-order valence-electron chi connectivity index (χ0n) is 9.18. The number of nitrogens with zero attached hydrogens (tertiary/aromatic N) is 1. The summed E-state index contributed by atoms with van der Waals surface area (Å²) in [6, 6.07) is 3.85. The smallest absolute Gasteiger partial charge is 0.346 e. The molecule has 7 heteroatoms. The lowest BCUT2D eigenvalue weighted by Gasteiger charge is -2.12. The Hall–Kier alpha value is -1.82. The number of ether oxygens (including phenoxy) is 2. The van der Waals surface area contributed by atoms with E-state index in [1.807, 2.05) is 0 Å². The molecule has 0 saturated carbocycles. The van der Waals surface area contributed by atoms with Gasteiger partial charge in [0.15, 0.2) is 6.10 Å². The fraction of sp³-hybridized carbons (Fsp3) is 0.300. The number of rotatable bonds is 4. The van der Waals surface area contributed by atoms with Gasteiger partial charge in [-0.2, -0.15) is 0 Å². The predicted molar refractivity (Wildman–Crippen MR) is 60.2 cm³/mol. The summed E-state index contributed by atoms with van der Waals surface area (Å²) in [5.74, 6) is -0.280. The van der Waals surface area contributed by atoms with Gasteiger partial charge >= 0.3 is 5.97 Å². The molecule has 6 nitrogen and oxygen atoms in total. The molecule has 0 saturated heterocycles. The van der Waals surface area contributed by atoms with Crippen LogP contribution in [-0.4, -0.2) is 24.1 Å². The van der Waals surface area contributed by atoms with Crippen LogP contribution in [0.3, 0.4) is 0 Å². The van der Waals surface area contributed by atoms with E-state index < -0.39 is 17.0 Å². The molecule has 0 spiro atoms. The van der Waals surface area contributed by atoms with E-state index in [2.05, 4.69) is 4.74 Å². The molecule has 0 N–H and O–H groups in total. The van der Waals surface area contributed by atoms with Gasteiger partial charge in [0, 0.05) is 12.1 Å². The number of nitro benzene ring substituents is 1. The first-order chi connectivity index (χ1) is 7.95. The third-order valence-electron chi connectivity index (χ3n) is 1.96. The van der Waals surface area contributed by atoms with Crippen LogP contribution in [0.4, 0.5) is 5.69 Å². The number of hydrogen-bond donors (Lipinski definition) is 0. The fourth-order valence-electron chi connectivity index (χ4n) is 1.13. The van der Waals surface area contributed by atoms with Crippen LogP contribution in [0.5, 0.6) is 5.75 Å². The minimum absolute atomic E-state index is 0.0513. The molecule has 92 valence electrons. The van der Waals surface area contributed by atoms with E-state index in [4.69, 9.17) is 16.3 Å². The third-order valence-corrected chi connectivity index (χ3v) is 2.26. The lowest BCUT2D eigenvalue weighted by molar-refractivity contribution is -0.384. The Kier molecular flexibility index (Phi) is 4.28. The van der Waals surface area contributed by atoms with E-state index in [0.29, 0.717) is 0 Å². The minimum Gasteiger partial charge on any atom is -0.479 e. The molecule has 17 heavy (non-hydrogen) atoms. The van der Waals surface area contributed by atoms with E-state index in [1.54, 1.807) is 0 Å². The van der Waals surface area contributed by atoms with E-state index in [-0.39, 0.29) is 16.5 Å². The van der Waals surface area contributed by atoms with Crippen LogP contribution in [0, 0.1) is 10.1 Å². The van der Waals surface area contributed by atoms with Crippen molar-refractivity contribution in [3.05, 3.63) is 33.3 Å². The molecule has 1 atom stereocenters. The van der Waals surface area contributed by atoms with Crippen molar-refractivity contribution in [2.75, 3.05) is 7.11 Å². The number of benzene rings is 1. The second-order valence-corrected chi connectivity index (χ2v) is 3.56. The van der Waals surface area contributed by atoms with Crippen molar-refractivity contribution in [1.82, 2.24) is 0 Å². The number of nitro groups is 1. The van der Waals surface area contributed by atoms with Crippen molar-refractivity contribution < 1.29 is 19.2 Å². The highest BCUT2D eigenvalue weighted by Crippen LogP contribution is 2.28. The van der Waals surface area contributed by atoms with Gasteiger partial charge in [-0.15, -0.1) is 0 Å². The molecular weight excluding hydrogens is 250 g/mol. The van der Waals surface area contributed by atoms with Crippen molar-refractivity contribution in [3.63, 3.8) is 0 Å². The lowest BCUT2D eigenvalue weighted by atomic mass is 10.3. The van der Waals surface area contributed by atoms with Crippen LogP contribution >= 0.6 is 11.6 Å². The topological polar surface area (TPSA) is 78.7 Å². The van der Waals surface area contributed by atoms with Crippen LogP contribution in [-0.2, 0) is 9.53 Å². The van der Waals surface area contributed by atoms with Crippen molar-refractivity contribution in [3.8, 4) is 5.75 Å². The number of esters is 1. The maximum Gasteiger partial charge on any atom is 0.346 e. The highest BCUT2D eigenvalue weighted by atomic mass is 35.5. The van der Waals surface area contributed by atoms with E-state index in [1.165, 1.54) is 32.2 Å². The molecule has 0 aliphatic carbocycles. The summed E-state index contributed by atoms with van der Waals surface area (Å²) in [6.45, 7) is 1.50. The summed E-state index contributed by atoms with van der Waals surface area (Å²) in [5.41, 5.74) is -0.218. The van der Waals surface area contributed by atoms with Gasteiger partial charge in [0.25, 0.3) is 5.69 Å². The number of methoxy groups -OCH3 is 1. The van der Waals surface area contributed by atoms with Crippen molar-refractivity contribution >= 4 is 23.3 Å². The van der Waals surface area contributed by atoms with Gasteiger partial charge in [0.05, 0.1) is 12.0 Å². The van der Waals surface area contributed by atoms with Gasteiger partial charge in [-0.25, -0.2) is 4.79 Å². The van der Waals surface area contributed by atoms with E-state index in [9.17, 15) is 14.9 Å². The van der Waals surface area contributed by atoms with Crippen molar-refractivity contribution in [2.24, 2.45) is 0 Å². The molecule has 0 aliphatic heterocycles. The van der Waals surface area contributed by atoms with Gasteiger partial charge in [-0.05, 0) is 13.0 Å². The average molecular weight is 260 g/mol. The van der Waals surface area contributed by atoms with Crippen LogP contribution in [0.25, 0.3) is 0 Å². The highest BCUT2D eigenvalue weighted by molar-refractivity contribution is 6.32. The molecule has 0 heterocycles. The Morgan fingerprint density at radius 1 is 1.53 bits per heavy atom. The second kappa shape index (κ2) is 5.49. The molecule has 0 radical (unpaired) electrons. The molecule has 0 aliphatic rings. The Labute approximate surface area is 102 Å². The maximum atomic E-state index is 11.1. The first-order valence-corrected chi connectivity index (χ1v) is 5.02. The summed E-state index contributed by atoms with van der Waals surface area (Å²) in [6.07, 6.45) is -0.808. The number of hydrogen-bond acceptors (Lipinski definition) is 5. The van der Waals surface area contributed by atoms with Crippen LogP contribution in [0.2, 0.25) is 5.02 Å². The highest BCUT2D eigenvalue weighted by Gasteiger charge is 2.17. The molecule has 0 amide bonds. The minimum atomic E-state index is -0.808. The van der Waals surface area contributed by atoms with E-state index >= 15 is 0 Å². The first-order valence-electron chi connectivity index (χ1n) is 4.64. The van der Waals surface area contributed by atoms with E-state index in [0.717, 1.165) is 0 Å². The molecule has 1 aromatic rings. The summed E-state index contributed by atoms with van der Waals surface area (Å²) in [4.78, 5) is 21.0. The fourth-order valence-corrected chi connectivity index (χ4v) is 1.37. The maximum absolute atomic E-state index is 11.1. The SMILES string of the molecule is COC(=O)C(C)Oc1ccc([N+](=O)[O-])c(Cl)c1. The Morgan fingerprint density at radius 2 is 2.18 bits per heavy atom. The summed E-state index contributed by atoms with van der Waals surface area (Å²) >= 11 is 5.68. The van der Waals surface area contributed by atoms with Gasteiger partial charge in [-0.3, -0.25) is 10.1 Å². The quantitative estimate of drug-likeness (QED) is 0.470. The normalized spacial score (nSPS) is 11.7. The van der Waals surface area contributed by atoms with Crippen LogP contribution < -0.4 is 4.74 Å². The Balaban J connectivity index is 2.84. The van der Waals surface area contributed by atoms with Gasteiger partial charge in [0.1, 0.15) is 10.8 Å². The van der Waals surface area contributed by atoms with Gasteiger partial charge in [0.2, 0.25) is 0 Å². The second-order valence-electron chi connectivity index (χ2n) is 3.15. The van der Waals surface area contributed by atoms with Crippen molar-refractivity contribution in [2.45, 2.75) is 13.0 Å². The van der Waals surface area contributed by atoms with Gasteiger partial charge in [-0.1, -0.05) is 11.6 Å². The van der Waals surface area contributed by atoms with Crippen LogP contribution in [0.1, 0.15) is 6.92 Å². The zero-order valence-corrected chi connectivity index (χ0v) is 9.93. The Bertz CT molecular complexity index is 448. The molecule has 1 unspecified atom stereocenters. The molecule has 0 bridgehead atoms. The molecule has 1 aromatic carbocycles. The summed E-state index contributed by atoms with van der Waals surface area (Å²) in [5, 5.41) is 10.5. The average Bonchev–Trinajstić information content (AvgIpc) is 2.27. The summed E-state index contributed by atoms with van der Waals surface area (Å²) < 4.78 is 9.67. The molecule has 1 rings (SSSR count). The largest absolute Gasteiger partial charge is 0.479 e.